The molecule has 0 radical (unpaired) electrons. The molecule has 1 unspecified atom stereocenters. The van der Waals surface area contributed by atoms with E-state index in [1.165, 1.54) is 5.69 Å². The summed E-state index contributed by atoms with van der Waals surface area (Å²) in [6.07, 6.45) is 2.85. The van der Waals surface area contributed by atoms with Crippen LogP contribution in [0.2, 0.25) is 0 Å². The third-order valence-corrected chi connectivity index (χ3v) is 6.25. The van der Waals surface area contributed by atoms with Crippen LogP contribution in [0.4, 0.5) is 17.3 Å². The maximum Gasteiger partial charge on any atom is 0.191 e. The molecule has 4 rings (SSSR count). The summed E-state index contributed by atoms with van der Waals surface area (Å²) >= 11 is 0. The fourth-order valence-corrected chi connectivity index (χ4v) is 4.10. The van der Waals surface area contributed by atoms with Crippen LogP contribution >= 0.6 is 0 Å². The molecule has 0 aliphatic carbocycles. The summed E-state index contributed by atoms with van der Waals surface area (Å²) in [5.74, 6) is 1.89. The van der Waals surface area contributed by atoms with Gasteiger partial charge in [-0.2, -0.15) is 0 Å². The van der Waals surface area contributed by atoms with E-state index in [1.807, 2.05) is 30.5 Å². The minimum Gasteiger partial charge on any atom is -0.392 e. The summed E-state index contributed by atoms with van der Waals surface area (Å²) < 4.78 is 0.740. The Bertz CT molecular complexity index is 1050. The molecule has 0 bridgehead atoms. The van der Waals surface area contributed by atoms with Crippen molar-refractivity contribution in [2.24, 2.45) is 0 Å². The van der Waals surface area contributed by atoms with E-state index in [2.05, 4.69) is 52.9 Å². The largest absolute Gasteiger partial charge is 0.392 e. The number of anilines is 2. The van der Waals surface area contributed by atoms with E-state index in [9.17, 15) is 9.90 Å². The van der Waals surface area contributed by atoms with Crippen molar-refractivity contribution in [1.29, 1.82) is 0 Å². The number of nitrogens with zero attached hydrogens (tertiary/aromatic N) is 4. The molecule has 1 aliphatic rings. The van der Waals surface area contributed by atoms with Gasteiger partial charge in [-0.05, 0) is 30.7 Å². The van der Waals surface area contributed by atoms with Crippen LogP contribution in [-0.2, 0) is 11.4 Å². The molecular formula is C23H30N5O2+. The van der Waals surface area contributed by atoms with Crippen molar-refractivity contribution >= 4 is 34.5 Å². The number of hydrogen-bond donors (Lipinski definition) is 2. The predicted octanol–water partition coefficient (Wildman–Crippen LogP) is 2.54. The summed E-state index contributed by atoms with van der Waals surface area (Å²) in [5, 5.41) is 10.5. The van der Waals surface area contributed by atoms with Gasteiger partial charge in [0.05, 0.1) is 27.2 Å². The zero-order valence-electron chi connectivity index (χ0n) is 17.9. The van der Waals surface area contributed by atoms with Crippen molar-refractivity contribution in [3.63, 3.8) is 0 Å². The zero-order chi connectivity index (χ0) is 21.3. The van der Waals surface area contributed by atoms with Crippen LogP contribution in [0.5, 0.6) is 0 Å². The van der Waals surface area contributed by atoms with Gasteiger partial charge in [-0.15, -0.1) is 0 Å². The first-order valence-electron chi connectivity index (χ1n) is 10.4. The summed E-state index contributed by atoms with van der Waals surface area (Å²) in [7, 11) is 4.36. The third-order valence-electron chi connectivity index (χ3n) is 6.25. The van der Waals surface area contributed by atoms with Crippen LogP contribution in [-0.4, -0.2) is 67.7 Å². The molecule has 2 aromatic heterocycles. The van der Waals surface area contributed by atoms with Crippen molar-refractivity contribution < 1.29 is 9.90 Å². The zero-order valence-corrected chi connectivity index (χ0v) is 17.9. The molecule has 1 fully saturated rings. The number of aromatic nitrogens is 2. The first-order valence-corrected chi connectivity index (χ1v) is 10.4. The van der Waals surface area contributed by atoms with Gasteiger partial charge < -0.3 is 24.7 Å². The number of aldehydes is 1. The van der Waals surface area contributed by atoms with Gasteiger partial charge in [-0.1, -0.05) is 12.1 Å². The summed E-state index contributed by atoms with van der Waals surface area (Å²) in [6.45, 7) is 5.24. The van der Waals surface area contributed by atoms with Gasteiger partial charge in [0.1, 0.15) is 18.1 Å². The second-order valence-electron chi connectivity index (χ2n) is 8.42. The van der Waals surface area contributed by atoms with Crippen molar-refractivity contribution in [1.82, 2.24) is 14.5 Å². The Kier molecular flexibility index (Phi) is 5.49. The summed E-state index contributed by atoms with van der Waals surface area (Å²) in [4.78, 5) is 24.5. The molecule has 7 heteroatoms. The number of piperazine rings is 1. The predicted molar refractivity (Wildman–Crippen MR) is 122 cm³/mol. The number of hydrogen-bond acceptors (Lipinski definition) is 5. The second-order valence-corrected chi connectivity index (χ2v) is 8.42. The number of fused-ring (bicyclic) bond motifs is 1. The Labute approximate surface area is 177 Å². The van der Waals surface area contributed by atoms with Crippen LogP contribution in [0.25, 0.3) is 10.9 Å². The highest BCUT2D eigenvalue weighted by Gasteiger charge is 2.32. The maximum atomic E-state index is 12.0. The molecule has 30 heavy (non-hydrogen) atoms. The SMILES string of the molecule is CC[N+](C)(C)c1cccnc1N1CCN(c2cc3ccc(CO)cc3[nH]2)C(C=O)C1. The lowest BCUT2D eigenvalue weighted by Gasteiger charge is -2.41. The number of carbonyl (C=O) groups is 1. The molecule has 1 atom stereocenters. The number of nitrogens with one attached hydrogen (secondary N) is 1. The lowest BCUT2D eigenvalue weighted by Crippen LogP contribution is -2.55. The van der Waals surface area contributed by atoms with Crippen molar-refractivity contribution in [2.75, 3.05) is 50.1 Å². The average Bonchev–Trinajstić information content (AvgIpc) is 3.21. The van der Waals surface area contributed by atoms with E-state index in [0.717, 1.165) is 58.5 Å². The van der Waals surface area contributed by atoms with Crippen molar-refractivity contribution in [3.8, 4) is 0 Å². The number of aliphatic hydroxyl groups excluding tert-OH is 1. The number of carbonyl (C=O) groups excluding carboxylic acids is 1. The molecule has 1 aromatic carbocycles. The number of quaternary nitrogens is 1. The van der Waals surface area contributed by atoms with Crippen LogP contribution in [0.1, 0.15) is 12.5 Å². The summed E-state index contributed by atoms with van der Waals surface area (Å²) in [5.41, 5.74) is 3.00. The molecule has 2 N–H and O–H groups in total. The van der Waals surface area contributed by atoms with Crippen LogP contribution in [0.15, 0.2) is 42.6 Å². The number of aromatic amines is 1. The van der Waals surface area contributed by atoms with Crippen LogP contribution in [0, 0.1) is 0 Å². The normalized spacial score (nSPS) is 17.5. The fraction of sp³-hybridized carbons (Fsp3) is 0.391. The molecule has 7 nitrogen and oxygen atoms in total. The van der Waals surface area contributed by atoms with Gasteiger partial charge in [0.2, 0.25) is 0 Å². The van der Waals surface area contributed by atoms with E-state index in [1.54, 1.807) is 0 Å². The van der Waals surface area contributed by atoms with Crippen LogP contribution in [0.3, 0.4) is 0 Å². The highest BCUT2D eigenvalue weighted by Crippen LogP contribution is 2.32. The summed E-state index contributed by atoms with van der Waals surface area (Å²) in [6, 6.07) is 11.8. The molecule has 1 aliphatic heterocycles. The molecule has 3 heterocycles. The van der Waals surface area contributed by atoms with Gasteiger partial charge >= 0.3 is 0 Å². The third kappa shape index (κ3) is 3.66. The Hall–Kier alpha value is -2.90. The number of benzene rings is 1. The monoisotopic (exact) mass is 408 g/mol. The van der Waals surface area contributed by atoms with E-state index in [-0.39, 0.29) is 12.6 Å². The quantitative estimate of drug-likeness (QED) is 0.484. The second kappa shape index (κ2) is 8.08. The van der Waals surface area contributed by atoms with E-state index < -0.39 is 0 Å². The lowest BCUT2D eigenvalue weighted by atomic mass is 10.1. The molecular weight excluding hydrogens is 378 g/mol. The van der Waals surface area contributed by atoms with Crippen LogP contribution < -0.4 is 14.3 Å². The fourth-order valence-electron chi connectivity index (χ4n) is 4.10. The maximum absolute atomic E-state index is 12.0. The minimum atomic E-state index is -0.267. The lowest BCUT2D eigenvalue weighted by molar-refractivity contribution is -0.109. The Morgan fingerprint density at radius 3 is 2.83 bits per heavy atom. The van der Waals surface area contributed by atoms with E-state index in [4.69, 9.17) is 0 Å². The molecule has 0 spiro atoms. The van der Waals surface area contributed by atoms with Crippen molar-refractivity contribution in [2.45, 2.75) is 19.6 Å². The Balaban J connectivity index is 1.61. The van der Waals surface area contributed by atoms with Gasteiger partial charge in [-0.25, -0.2) is 4.98 Å². The number of rotatable bonds is 6. The molecule has 0 saturated carbocycles. The smallest absolute Gasteiger partial charge is 0.191 e. The number of aliphatic hydroxyl groups is 1. The van der Waals surface area contributed by atoms with Gasteiger partial charge in [0.25, 0.3) is 0 Å². The first kappa shape index (κ1) is 20.4. The molecule has 3 aromatic rings. The van der Waals surface area contributed by atoms with Crippen molar-refractivity contribution in [3.05, 3.63) is 48.2 Å². The average molecular weight is 409 g/mol. The Morgan fingerprint density at radius 1 is 1.27 bits per heavy atom. The van der Waals surface area contributed by atoms with Gasteiger partial charge in [0, 0.05) is 42.8 Å². The number of H-pyrrole nitrogens is 1. The molecule has 158 valence electrons. The number of pyridine rings is 1. The standard InChI is InChI=1S/C23H30N5O2/c1-4-28(2,3)21-6-5-9-24-23(21)26-10-11-27(19(14-26)16-30)22-13-18-8-7-17(15-29)12-20(18)25-22/h5-9,12-13,16,19,25,29H,4,10-11,14-15H2,1-3H3/q+1. The molecule has 1 saturated heterocycles. The van der Waals surface area contributed by atoms with E-state index in [0.29, 0.717) is 6.54 Å². The highest BCUT2D eigenvalue weighted by molar-refractivity contribution is 5.85. The van der Waals surface area contributed by atoms with E-state index >= 15 is 0 Å². The first-order chi connectivity index (χ1) is 14.5. The minimum absolute atomic E-state index is 0.0129. The highest BCUT2D eigenvalue weighted by atomic mass is 16.3. The molecule has 0 amide bonds. The van der Waals surface area contributed by atoms with Gasteiger partial charge in [-0.3, -0.25) is 4.48 Å². The Morgan fingerprint density at radius 2 is 2.10 bits per heavy atom. The topological polar surface area (TPSA) is 72.5 Å². The van der Waals surface area contributed by atoms with Gasteiger partial charge in [0.15, 0.2) is 11.5 Å².